The molecular weight excluding hydrogens is 194 g/mol. The minimum Gasteiger partial charge on any atom is -0.351 e. The highest BCUT2D eigenvalue weighted by Crippen LogP contribution is 2.30. The number of urea groups is 1. The van der Waals surface area contributed by atoms with Gasteiger partial charge in [0.05, 0.1) is 17.9 Å². The molecule has 15 heavy (non-hydrogen) atoms. The number of nitrogens with zero attached hydrogens (tertiary/aromatic N) is 3. The molecule has 1 atom stereocenters. The van der Waals surface area contributed by atoms with Crippen LogP contribution >= 0.6 is 0 Å². The molecule has 0 radical (unpaired) electrons. The van der Waals surface area contributed by atoms with Crippen LogP contribution in [-0.2, 0) is 0 Å². The Morgan fingerprint density at radius 2 is 2.40 bits per heavy atom. The maximum absolute atomic E-state index is 11.2. The first-order chi connectivity index (χ1) is 7.20. The molecule has 0 spiro atoms. The van der Waals surface area contributed by atoms with E-state index in [0.29, 0.717) is 18.5 Å². The van der Waals surface area contributed by atoms with Crippen molar-refractivity contribution in [1.82, 2.24) is 14.9 Å². The van der Waals surface area contributed by atoms with E-state index >= 15 is 0 Å². The average Bonchev–Trinajstić information content (AvgIpc) is 2.61. The summed E-state index contributed by atoms with van der Waals surface area (Å²) in [4.78, 5) is 20.5. The largest absolute Gasteiger partial charge is 0.351 e. The summed E-state index contributed by atoms with van der Waals surface area (Å²) in [7, 11) is 0. The second-order valence-electron chi connectivity index (χ2n) is 3.34. The predicted molar refractivity (Wildman–Crippen MR) is 53.2 cm³/mol. The molecule has 0 bridgehead atoms. The van der Waals surface area contributed by atoms with Crippen molar-refractivity contribution in [3.05, 3.63) is 24.3 Å². The van der Waals surface area contributed by atoms with Gasteiger partial charge in [-0.15, -0.1) is 0 Å². The maximum Gasteiger partial charge on any atom is 0.320 e. The molecule has 2 rings (SSSR count). The van der Waals surface area contributed by atoms with Gasteiger partial charge in [-0.3, -0.25) is 20.3 Å². The van der Waals surface area contributed by atoms with E-state index in [-0.39, 0.29) is 11.9 Å². The number of nitrogens with two attached hydrogens (primary N) is 1. The zero-order valence-corrected chi connectivity index (χ0v) is 8.05. The topological polar surface area (TPSA) is 96.0 Å². The van der Waals surface area contributed by atoms with E-state index in [2.05, 4.69) is 9.97 Å². The third-order valence-electron chi connectivity index (χ3n) is 2.42. The molecular formula is C9H11N5O. The molecule has 1 unspecified atom stereocenters. The highest BCUT2D eigenvalue weighted by atomic mass is 16.2. The normalized spacial score (nSPS) is 20.7. The predicted octanol–water partition coefficient (Wildman–Crippen LogP) is 0.669. The standard InChI is InChI=1S/C9H11N5O/c10-8-2-1-7(14(8)9(11)15)6-5-12-3-4-13-6/h3-5,7,10H,1-2H2,(H2,11,15). The van der Waals surface area contributed by atoms with Gasteiger partial charge in [-0.2, -0.15) is 0 Å². The molecule has 2 heterocycles. The molecule has 0 aromatic carbocycles. The summed E-state index contributed by atoms with van der Waals surface area (Å²) in [5, 5.41) is 7.59. The number of hydrogen-bond acceptors (Lipinski definition) is 4. The van der Waals surface area contributed by atoms with Gasteiger partial charge < -0.3 is 5.73 Å². The first-order valence-electron chi connectivity index (χ1n) is 4.62. The van der Waals surface area contributed by atoms with Gasteiger partial charge in [-0.1, -0.05) is 0 Å². The van der Waals surface area contributed by atoms with E-state index in [1.54, 1.807) is 18.6 Å². The van der Waals surface area contributed by atoms with E-state index in [1.807, 2.05) is 0 Å². The van der Waals surface area contributed by atoms with Crippen molar-refractivity contribution in [2.24, 2.45) is 5.73 Å². The summed E-state index contributed by atoms with van der Waals surface area (Å²) in [6.07, 6.45) is 5.96. The lowest BCUT2D eigenvalue weighted by molar-refractivity contribution is 0.221. The Bertz CT molecular complexity index is 391. The fourth-order valence-corrected chi connectivity index (χ4v) is 1.76. The van der Waals surface area contributed by atoms with Crippen LogP contribution in [-0.4, -0.2) is 26.7 Å². The molecule has 1 aromatic heterocycles. The number of amides is 2. The number of hydrogen-bond donors (Lipinski definition) is 2. The fraction of sp³-hybridized carbons (Fsp3) is 0.333. The highest BCUT2D eigenvalue weighted by molar-refractivity contribution is 5.97. The van der Waals surface area contributed by atoms with E-state index in [9.17, 15) is 4.79 Å². The minimum atomic E-state index is -0.604. The summed E-state index contributed by atoms with van der Waals surface area (Å²) >= 11 is 0. The zero-order valence-electron chi connectivity index (χ0n) is 8.05. The number of primary amides is 1. The minimum absolute atomic E-state index is 0.233. The van der Waals surface area contributed by atoms with Gasteiger partial charge in [0.15, 0.2) is 0 Å². The second kappa shape index (κ2) is 3.64. The van der Waals surface area contributed by atoms with Crippen LogP contribution in [0.4, 0.5) is 4.79 Å². The Kier molecular flexibility index (Phi) is 2.32. The molecule has 2 amide bonds. The van der Waals surface area contributed by atoms with E-state index in [4.69, 9.17) is 11.1 Å². The fourth-order valence-electron chi connectivity index (χ4n) is 1.76. The summed E-state index contributed by atoms with van der Waals surface area (Å²) in [5.74, 6) is 0.248. The summed E-state index contributed by atoms with van der Waals surface area (Å²) < 4.78 is 0. The molecule has 78 valence electrons. The molecule has 6 nitrogen and oxygen atoms in total. The Morgan fingerprint density at radius 3 is 3.00 bits per heavy atom. The van der Waals surface area contributed by atoms with Gasteiger partial charge in [0.2, 0.25) is 0 Å². The van der Waals surface area contributed by atoms with Crippen LogP contribution < -0.4 is 5.73 Å². The van der Waals surface area contributed by atoms with Crippen molar-refractivity contribution in [1.29, 1.82) is 5.41 Å². The lowest BCUT2D eigenvalue weighted by atomic mass is 10.1. The van der Waals surface area contributed by atoms with Crippen LogP contribution in [0.15, 0.2) is 18.6 Å². The Hall–Kier alpha value is -1.98. The number of rotatable bonds is 1. The van der Waals surface area contributed by atoms with Crippen LogP contribution in [0.5, 0.6) is 0 Å². The molecule has 0 aliphatic carbocycles. The number of aromatic nitrogens is 2. The third kappa shape index (κ3) is 1.65. The van der Waals surface area contributed by atoms with Crippen LogP contribution in [0.3, 0.4) is 0 Å². The molecule has 6 heteroatoms. The molecule has 0 saturated carbocycles. The van der Waals surface area contributed by atoms with Crippen LogP contribution in [0.1, 0.15) is 24.6 Å². The van der Waals surface area contributed by atoms with Gasteiger partial charge >= 0.3 is 6.03 Å². The maximum atomic E-state index is 11.2. The monoisotopic (exact) mass is 205 g/mol. The molecule has 1 fully saturated rings. The SMILES string of the molecule is N=C1CCC(c2cnccn2)N1C(N)=O. The number of likely N-dealkylation sites (tertiary alicyclic amines) is 1. The van der Waals surface area contributed by atoms with Crippen molar-refractivity contribution in [3.8, 4) is 0 Å². The van der Waals surface area contributed by atoms with Crippen molar-refractivity contribution in [2.75, 3.05) is 0 Å². The molecule has 3 N–H and O–H groups in total. The van der Waals surface area contributed by atoms with E-state index in [0.717, 1.165) is 0 Å². The van der Waals surface area contributed by atoms with Gasteiger partial charge in [-0.05, 0) is 6.42 Å². The van der Waals surface area contributed by atoms with Gasteiger partial charge in [0.25, 0.3) is 0 Å². The Labute approximate surface area is 86.6 Å². The summed E-state index contributed by atoms with van der Waals surface area (Å²) in [6, 6.07) is -0.836. The van der Waals surface area contributed by atoms with Gasteiger partial charge in [0, 0.05) is 18.8 Å². The number of carbonyl (C=O) groups is 1. The number of nitrogens with one attached hydrogen (secondary N) is 1. The van der Waals surface area contributed by atoms with Crippen molar-refractivity contribution in [2.45, 2.75) is 18.9 Å². The smallest absolute Gasteiger partial charge is 0.320 e. The summed E-state index contributed by atoms with van der Waals surface area (Å²) in [6.45, 7) is 0. The number of carbonyl (C=O) groups excluding carboxylic acids is 1. The zero-order chi connectivity index (χ0) is 10.8. The van der Waals surface area contributed by atoms with E-state index in [1.165, 1.54) is 4.90 Å². The Balaban J connectivity index is 2.30. The molecule has 1 aromatic rings. The van der Waals surface area contributed by atoms with Crippen molar-refractivity contribution < 1.29 is 4.79 Å². The quantitative estimate of drug-likeness (QED) is 0.705. The first kappa shape index (κ1) is 9.57. The van der Waals surface area contributed by atoms with Crippen LogP contribution in [0.2, 0.25) is 0 Å². The van der Waals surface area contributed by atoms with Crippen molar-refractivity contribution >= 4 is 11.9 Å². The lowest BCUT2D eigenvalue weighted by Gasteiger charge is -2.21. The summed E-state index contributed by atoms with van der Waals surface area (Å²) in [5.41, 5.74) is 5.89. The number of amidine groups is 1. The highest BCUT2D eigenvalue weighted by Gasteiger charge is 2.33. The molecule has 1 aliphatic heterocycles. The second-order valence-corrected chi connectivity index (χ2v) is 3.34. The van der Waals surface area contributed by atoms with Crippen molar-refractivity contribution in [3.63, 3.8) is 0 Å². The van der Waals surface area contributed by atoms with Gasteiger partial charge in [-0.25, -0.2) is 4.79 Å². The first-order valence-corrected chi connectivity index (χ1v) is 4.62. The van der Waals surface area contributed by atoms with E-state index < -0.39 is 6.03 Å². The Morgan fingerprint density at radius 1 is 1.60 bits per heavy atom. The van der Waals surface area contributed by atoms with Crippen LogP contribution in [0.25, 0.3) is 0 Å². The third-order valence-corrected chi connectivity index (χ3v) is 2.42. The molecule has 1 saturated heterocycles. The van der Waals surface area contributed by atoms with Crippen LogP contribution in [0, 0.1) is 5.41 Å². The lowest BCUT2D eigenvalue weighted by Crippen LogP contribution is -2.38. The average molecular weight is 205 g/mol. The molecule has 1 aliphatic rings. The van der Waals surface area contributed by atoms with Gasteiger partial charge in [0.1, 0.15) is 5.84 Å².